The monoisotopic (exact) mass is 232 g/mol. The Morgan fingerprint density at radius 2 is 2.00 bits per heavy atom. The van der Waals surface area contributed by atoms with Crippen LogP contribution in [-0.2, 0) is 5.41 Å². The molecule has 1 aromatic rings. The molecular weight excluding hydrogens is 208 g/mol. The molecule has 0 bridgehead atoms. The van der Waals surface area contributed by atoms with Crippen LogP contribution in [0.5, 0.6) is 0 Å². The largest absolute Gasteiger partial charge is 0.314 e. The predicted molar refractivity (Wildman–Crippen MR) is 72.1 cm³/mol. The molecule has 0 spiro atoms. The van der Waals surface area contributed by atoms with Gasteiger partial charge >= 0.3 is 0 Å². The van der Waals surface area contributed by atoms with Gasteiger partial charge in [-0.25, -0.2) is 0 Å². The fourth-order valence-corrected chi connectivity index (χ4v) is 2.92. The minimum Gasteiger partial charge on any atom is -0.314 e. The van der Waals surface area contributed by atoms with Crippen LogP contribution in [0.4, 0.5) is 0 Å². The summed E-state index contributed by atoms with van der Waals surface area (Å²) in [4.78, 5) is 4.13. The van der Waals surface area contributed by atoms with Gasteiger partial charge in [0.05, 0.1) is 0 Å². The highest BCUT2D eigenvalue weighted by atomic mass is 14.9. The van der Waals surface area contributed by atoms with Gasteiger partial charge in [-0.1, -0.05) is 27.2 Å². The van der Waals surface area contributed by atoms with Crippen LogP contribution < -0.4 is 5.32 Å². The molecule has 0 amide bonds. The van der Waals surface area contributed by atoms with E-state index in [4.69, 9.17) is 0 Å². The van der Waals surface area contributed by atoms with Crippen molar-refractivity contribution >= 4 is 0 Å². The van der Waals surface area contributed by atoms with E-state index in [0.29, 0.717) is 11.5 Å². The van der Waals surface area contributed by atoms with Crippen molar-refractivity contribution in [1.82, 2.24) is 10.3 Å². The highest BCUT2D eigenvalue weighted by Crippen LogP contribution is 2.48. The maximum Gasteiger partial charge on any atom is 0.0270 e. The minimum atomic E-state index is 0.369. The van der Waals surface area contributed by atoms with E-state index in [2.05, 4.69) is 43.2 Å². The SMILES string of the molecule is CCC1CC(CNC(C)C)(c2ccncc2)C1. The molecule has 2 nitrogen and oxygen atoms in total. The van der Waals surface area contributed by atoms with Crippen LogP contribution in [-0.4, -0.2) is 17.6 Å². The zero-order valence-corrected chi connectivity index (χ0v) is 11.2. The van der Waals surface area contributed by atoms with Crippen LogP contribution in [0.2, 0.25) is 0 Å². The van der Waals surface area contributed by atoms with Crippen LogP contribution in [0, 0.1) is 5.92 Å². The van der Waals surface area contributed by atoms with Crippen molar-refractivity contribution < 1.29 is 0 Å². The molecule has 1 aromatic heterocycles. The average Bonchev–Trinajstić information content (AvgIpc) is 2.29. The molecule has 17 heavy (non-hydrogen) atoms. The molecule has 0 radical (unpaired) electrons. The normalized spacial score (nSPS) is 28.1. The van der Waals surface area contributed by atoms with E-state index in [9.17, 15) is 0 Å². The first-order valence-corrected chi connectivity index (χ1v) is 6.80. The summed E-state index contributed by atoms with van der Waals surface area (Å²) in [6.07, 6.45) is 7.81. The van der Waals surface area contributed by atoms with Crippen LogP contribution in [0.3, 0.4) is 0 Å². The van der Waals surface area contributed by atoms with Gasteiger partial charge in [-0.05, 0) is 36.5 Å². The van der Waals surface area contributed by atoms with Crippen LogP contribution >= 0.6 is 0 Å². The van der Waals surface area contributed by atoms with Gasteiger partial charge in [0.15, 0.2) is 0 Å². The summed E-state index contributed by atoms with van der Waals surface area (Å²) in [7, 11) is 0. The van der Waals surface area contributed by atoms with E-state index in [1.165, 1.54) is 24.8 Å². The van der Waals surface area contributed by atoms with Crippen LogP contribution in [0.15, 0.2) is 24.5 Å². The number of aromatic nitrogens is 1. The summed E-state index contributed by atoms with van der Waals surface area (Å²) in [6.45, 7) is 7.84. The lowest BCUT2D eigenvalue weighted by atomic mass is 9.58. The maximum atomic E-state index is 4.13. The van der Waals surface area contributed by atoms with E-state index in [0.717, 1.165) is 12.5 Å². The van der Waals surface area contributed by atoms with Crippen LogP contribution in [0.1, 0.15) is 45.6 Å². The van der Waals surface area contributed by atoms with Gasteiger partial charge in [0.1, 0.15) is 0 Å². The van der Waals surface area contributed by atoms with Gasteiger partial charge in [0.2, 0.25) is 0 Å². The van der Waals surface area contributed by atoms with Crippen molar-refractivity contribution in [3.05, 3.63) is 30.1 Å². The van der Waals surface area contributed by atoms with Crippen molar-refractivity contribution in [1.29, 1.82) is 0 Å². The molecule has 0 aromatic carbocycles. The fraction of sp³-hybridized carbons (Fsp3) is 0.667. The third-order valence-electron chi connectivity index (χ3n) is 4.08. The van der Waals surface area contributed by atoms with Gasteiger partial charge in [-0.2, -0.15) is 0 Å². The number of rotatable bonds is 5. The lowest BCUT2D eigenvalue weighted by molar-refractivity contribution is 0.131. The van der Waals surface area contributed by atoms with E-state index in [1.54, 1.807) is 0 Å². The zero-order valence-electron chi connectivity index (χ0n) is 11.2. The van der Waals surface area contributed by atoms with Gasteiger partial charge in [-0.15, -0.1) is 0 Å². The Bertz CT molecular complexity index is 339. The molecule has 1 saturated carbocycles. The molecule has 1 aliphatic carbocycles. The lowest BCUT2D eigenvalue weighted by Gasteiger charge is -2.49. The molecule has 0 atom stereocenters. The van der Waals surface area contributed by atoms with Crippen molar-refractivity contribution in [2.24, 2.45) is 5.92 Å². The standard InChI is InChI=1S/C15H24N2/c1-4-13-9-15(10-13,11-17-12(2)3)14-5-7-16-8-6-14/h5-8,12-13,17H,4,9-11H2,1-3H3. The van der Waals surface area contributed by atoms with Crippen LogP contribution in [0.25, 0.3) is 0 Å². The Labute approximate surface area is 105 Å². The van der Waals surface area contributed by atoms with E-state index in [-0.39, 0.29) is 0 Å². The summed E-state index contributed by atoms with van der Waals surface area (Å²) < 4.78 is 0. The van der Waals surface area contributed by atoms with Gasteiger partial charge in [-0.3, -0.25) is 4.98 Å². The Balaban J connectivity index is 2.09. The quantitative estimate of drug-likeness (QED) is 0.843. The van der Waals surface area contributed by atoms with Crippen molar-refractivity contribution in [3.63, 3.8) is 0 Å². The molecule has 2 rings (SSSR count). The van der Waals surface area contributed by atoms with Gasteiger partial charge in [0, 0.05) is 30.4 Å². The zero-order chi connectivity index (χ0) is 12.3. The minimum absolute atomic E-state index is 0.369. The Morgan fingerprint density at radius 1 is 1.35 bits per heavy atom. The van der Waals surface area contributed by atoms with Gasteiger partial charge in [0.25, 0.3) is 0 Å². The summed E-state index contributed by atoms with van der Waals surface area (Å²) in [5.41, 5.74) is 1.83. The number of hydrogen-bond donors (Lipinski definition) is 1. The predicted octanol–water partition coefficient (Wildman–Crippen LogP) is 3.14. The molecule has 0 aliphatic heterocycles. The van der Waals surface area contributed by atoms with Crippen molar-refractivity contribution in [2.75, 3.05) is 6.54 Å². The number of pyridine rings is 1. The topological polar surface area (TPSA) is 24.9 Å². The second kappa shape index (κ2) is 5.18. The molecule has 1 fully saturated rings. The Kier molecular flexibility index (Phi) is 3.82. The third-order valence-corrected chi connectivity index (χ3v) is 4.08. The summed E-state index contributed by atoms with van der Waals surface area (Å²) in [5.74, 6) is 0.914. The van der Waals surface area contributed by atoms with E-state index < -0.39 is 0 Å². The van der Waals surface area contributed by atoms with E-state index >= 15 is 0 Å². The highest BCUT2D eigenvalue weighted by molar-refractivity contribution is 5.27. The first-order valence-electron chi connectivity index (χ1n) is 6.80. The molecule has 0 saturated heterocycles. The highest BCUT2D eigenvalue weighted by Gasteiger charge is 2.44. The fourth-order valence-electron chi connectivity index (χ4n) is 2.92. The van der Waals surface area contributed by atoms with Crippen molar-refractivity contribution in [2.45, 2.75) is 51.5 Å². The average molecular weight is 232 g/mol. The number of nitrogens with one attached hydrogen (secondary N) is 1. The second-order valence-electron chi connectivity index (χ2n) is 5.73. The molecule has 1 N–H and O–H groups in total. The first-order chi connectivity index (χ1) is 8.16. The Hall–Kier alpha value is -0.890. The van der Waals surface area contributed by atoms with E-state index in [1.807, 2.05) is 12.4 Å². The molecule has 1 heterocycles. The second-order valence-corrected chi connectivity index (χ2v) is 5.73. The number of nitrogens with zero attached hydrogens (tertiary/aromatic N) is 1. The summed E-state index contributed by atoms with van der Waals surface area (Å²) in [5, 5.41) is 3.61. The maximum absolute atomic E-state index is 4.13. The Morgan fingerprint density at radius 3 is 2.53 bits per heavy atom. The van der Waals surface area contributed by atoms with Crippen molar-refractivity contribution in [3.8, 4) is 0 Å². The smallest absolute Gasteiger partial charge is 0.0270 e. The summed E-state index contributed by atoms with van der Waals surface area (Å²) in [6, 6.07) is 4.94. The molecule has 94 valence electrons. The third kappa shape index (κ3) is 2.68. The first kappa shape index (κ1) is 12.6. The van der Waals surface area contributed by atoms with Gasteiger partial charge < -0.3 is 5.32 Å². The lowest BCUT2D eigenvalue weighted by Crippen LogP contribution is -2.49. The molecular formula is C15H24N2. The molecule has 1 aliphatic rings. The summed E-state index contributed by atoms with van der Waals surface area (Å²) >= 11 is 0. The molecule has 0 unspecified atom stereocenters. The number of hydrogen-bond acceptors (Lipinski definition) is 2. The molecule has 2 heteroatoms.